The highest BCUT2D eigenvalue weighted by atomic mass is 35.7. The number of hydrogen-bond acceptors (Lipinski definition) is 4. The Morgan fingerprint density at radius 3 is 1.45 bits per heavy atom. The molecular weight excluding hydrogens is 280 g/mol. The molecule has 0 saturated heterocycles. The summed E-state index contributed by atoms with van der Waals surface area (Å²) in [5.74, 6) is 0. The Bertz CT molecular complexity index is 408. The molecule has 0 atom stereocenters. The van der Waals surface area contributed by atoms with E-state index in [1.165, 1.54) is 0 Å². The largest absolute Gasteiger partial charge is 0.251 e. The molecule has 0 amide bonds. The predicted octanol–water partition coefficient (Wildman–Crippen LogP) is 0.784. The van der Waals surface area contributed by atoms with Gasteiger partial charge in [-0.15, -0.1) is 0 Å². The highest BCUT2D eigenvalue weighted by Crippen LogP contribution is 2.34. The van der Waals surface area contributed by atoms with E-state index in [2.05, 4.69) is 4.29 Å². The molecule has 0 saturated carbocycles. The molecule has 4 nitrogen and oxygen atoms in total. The zero-order chi connectivity index (χ0) is 15.8. The second-order valence-corrected chi connectivity index (χ2v) is 7.94. The van der Waals surface area contributed by atoms with Crippen molar-refractivity contribution in [1.29, 1.82) is 0 Å². The lowest BCUT2D eigenvalue weighted by Crippen LogP contribution is -2.62. The van der Waals surface area contributed by atoms with Gasteiger partial charge in [-0.3, -0.25) is 0 Å². The van der Waals surface area contributed by atoms with Crippen molar-refractivity contribution in [1.82, 2.24) is 0 Å². The van der Waals surface area contributed by atoms with Gasteiger partial charge >= 0.3 is 0 Å². The van der Waals surface area contributed by atoms with Gasteiger partial charge in [0, 0.05) is 0 Å². The molecule has 0 aromatic carbocycles. The van der Waals surface area contributed by atoms with Crippen molar-refractivity contribution in [3.63, 3.8) is 0 Å². The molecule has 0 spiro atoms. The lowest BCUT2D eigenvalue weighted by Gasteiger charge is -2.21. The van der Waals surface area contributed by atoms with E-state index in [4.69, 9.17) is 0 Å². The molecule has 1 rings (SSSR count). The predicted molar refractivity (Wildman–Crippen MR) is 69.1 cm³/mol. The van der Waals surface area contributed by atoms with Gasteiger partial charge in [0.25, 0.3) is 6.10 Å². The molecule has 5 heteroatoms. The first-order valence-corrected chi connectivity index (χ1v) is 7.74. The van der Waals surface area contributed by atoms with Crippen molar-refractivity contribution >= 4 is 0 Å². The normalized spacial score (nSPS) is 18.6. The van der Waals surface area contributed by atoms with Gasteiger partial charge < -0.3 is 0 Å². The second kappa shape index (κ2) is 5.62. The van der Waals surface area contributed by atoms with Crippen LogP contribution < -0.4 is 14.0 Å². The molecular formula is C15H23ClO4. The Morgan fingerprint density at radius 1 is 0.850 bits per heavy atom. The van der Waals surface area contributed by atoms with E-state index >= 15 is 0 Å². The van der Waals surface area contributed by atoms with Gasteiger partial charge in [0.1, 0.15) is 0 Å². The Labute approximate surface area is 123 Å². The number of halogens is 1. The van der Waals surface area contributed by atoms with Gasteiger partial charge in [-0.05, 0) is 34.1 Å². The van der Waals surface area contributed by atoms with Crippen molar-refractivity contribution in [3.05, 3.63) is 35.5 Å². The number of hydrogen-bond donors (Lipinski definition) is 0. The highest BCUT2D eigenvalue weighted by Gasteiger charge is 2.30. The third-order valence-electron chi connectivity index (χ3n) is 3.07. The van der Waals surface area contributed by atoms with Crippen molar-refractivity contribution < 1.29 is 28.5 Å². The molecule has 0 radical (unpaired) electrons. The lowest BCUT2D eigenvalue weighted by molar-refractivity contribution is -1.92. The fourth-order valence-electron chi connectivity index (χ4n) is 1.87. The summed E-state index contributed by atoms with van der Waals surface area (Å²) < 4.78 is 37.1. The van der Waals surface area contributed by atoms with Gasteiger partial charge in [-0.2, -0.15) is 14.0 Å². The van der Waals surface area contributed by atoms with Crippen LogP contribution in [0, 0.1) is 21.1 Å². The summed E-state index contributed by atoms with van der Waals surface area (Å²) in [6, 6.07) is 0. The van der Waals surface area contributed by atoms with E-state index in [1.807, 2.05) is 53.7 Å². The number of rotatable bonds is 2. The van der Waals surface area contributed by atoms with E-state index < -0.39 is 16.3 Å². The maximum atomic E-state index is 10.8. The molecule has 0 N–H and O–H groups in total. The summed E-state index contributed by atoms with van der Waals surface area (Å²) in [6.07, 6.45) is 6.39. The minimum Gasteiger partial charge on any atom is -0.183 e. The van der Waals surface area contributed by atoms with Crippen LogP contribution in [0.25, 0.3) is 0 Å². The van der Waals surface area contributed by atoms with Crippen LogP contribution in [0.2, 0.25) is 0 Å². The van der Waals surface area contributed by atoms with Crippen molar-refractivity contribution in [3.8, 4) is 0 Å². The average Bonchev–Trinajstić information content (AvgIpc) is 2.35. The Morgan fingerprint density at radius 2 is 1.20 bits per heavy atom. The summed E-state index contributed by atoms with van der Waals surface area (Å²) in [5, 5.41) is 0. The van der Waals surface area contributed by atoms with E-state index in [0.29, 0.717) is 0 Å². The Kier molecular flexibility index (Phi) is 4.89. The molecule has 0 heterocycles. The Balaban J connectivity index is 3.20. The fourth-order valence-corrected chi connectivity index (χ4v) is 2.22. The van der Waals surface area contributed by atoms with Gasteiger partial charge in [0.2, 0.25) is 0 Å². The molecule has 20 heavy (non-hydrogen) atoms. The van der Waals surface area contributed by atoms with Gasteiger partial charge in [0.15, 0.2) is 0 Å². The van der Waals surface area contributed by atoms with Gasteiger partial charge in [-0.1, -0.05) is 53.7 Å². The van der Waals surface area contributed by atoms with Crippen LogP contribution in [0.3, 0.4) is 0 Å². The van der Waals surface area contributed by atoms with Crippen LogP contribution in [0.4, 0.5) is 0 Å². The minimum atomic E-state index is -4.46. The molecule has 0 fully saturated rings. The zero-order valence-corrected chi connectivity index (χ0v) is 13.7. The van der Waals surface area contributed by atoms with Crippen LogP contribution in [0.5, 0.6) is 0 Å². The minimum absolute atomic E-state index is 0.164. The van der Waals surface area contributed by atoms with Crippen molar-refractivity contribution in [2.24, 2.45) is 10.8 Å². The van der Waals surface area contributed by atoms with E-state index in [0.717, 1.165) is 11.1 Å². The lowest BCUT2D eigenvalue weighted by atomic mass is 9.84. The molecule has 0 bridgehead atoms. The Hall–Kier alpha value is -0.650. The summed E-state index contributed by atoms with van der Waals surface area (Å²) in [5.41, 5.74) is 1.53. The third-order valence-corrected chi connectivity index (χ3v) is 3.50. The first-order chi connectivity index (χ1) is 8.79. The molecule has 0 aromatic heterocycles. The van der Waals surface area contributed by atoms with Gasteiger partial charge in [0.05, 0.1) is 14.5 Å². The zero-order valence-electron chi connectivity index (χ0n) is 12.9. The quantitative estimate of drug-likeness (QED) is 0.755. The van der Waals surface area contributed by atoms with Gasteiger partial charge in [-0.25, -0.2) is 0 Å². The van der Waals surface area contributed by atoms with Crippen LogP contribution in [0.15, 0.2) is 35.5 Å². The van der Waals surface area contributed by atoms with Crippen LogP contribution in [-0.2, 0) is 4.29 Å². The standard InChI is InChI=1S/C15H23ClO4/c1-14(2,3)11-7-8-12(15(4,5)6)10-13(9-11)20-16(17,18)19/h7-10,13H,1-6H3. The van der Waals surface area contributed by atoms with Crippen LogP contribution in [0.1, 0.15) is 41.5 Å². The topological polar surface area (TPSA) is 78.4 Å². The van der Waals surface area contributed by atoms with E-state index in [-0.39, 0.29) is 10.8 Å². The summed E-state index contributed by atoms with van der Waals surface area (Å²) in [6.45, 7) is 12.1. The summed E-state index contributed by atoms with van der Waals surface area (Å²) in [4.78, 5) is 0. The monoisotopic (exact) mass is 302 g/mol. The number of allylic oxidation sites excluding steroid dienone is 4. The van der Waals surface area contributed by atoms with Crippen LogP contribution >= 0.6 is 0 Å². The summed E-state index contributed by atoms with van der Waals surface area (Å²) >= 11 is 0. The second-order valence-electron chi connectivity index (χ2n) is 7.01. The smallest absolute Gasteiger partial charge is 0.183 e. The SMILES string of the molecule is CC(C)(C)C1=CC(O[Cl+3]([O-])([O-])[O-])C=C(C(C)(C)C)C=C1. The summed E-state index contributed by atoms with van der Waals surface area (Å²) in [7, 11) is -4.46. The molecule has 0 unspecified atom stereocenters. The molecule has 114 valence electrons. The third kappa shape index (κ3) is 5.38. The van der Waals surface area contributed by atoms with E-state index in [9.17, 15) is 14.0 Å². The fraction of sp³-hybridized carbons (Fsp3) is 0.600. The highest BCUT2D eigenvalue weighted by molar-refractivity contribution is 5.39. The first kappa shape index (κ1) is 17.4. The molecule has 1 aliphatic carbocycles. The maximum Gasteiger partial charge on any atom is 0.251 e. The van der Waals surface area contributed by atoms with Crippen LogP contribution in [-0.4, -0.2) is 6.10 Å². The maximum absolute atomic E-state index is 10.8. The molecule has 1 aliphatic rings. The molecule has 0 aromatic rings. The molecule has 0 aliphatic heterocycles. The van der Waals surface area contributed by atoms with E-state index in [1.54, 1.807) is 12.2 Å². The first-order valence-electron chi connectivity index (χ1n) is 6.51. The average molecular weight is 303 g/mol. The van der Waals surface area contributed by atoms with Crippen molar-refractivity contribution in [2.75, 3.05) is 0 Å². The van der Waals surface area contributed by atoms with Crippen molar-refractivity contribution in [2.45, 2.75) is 47.6 Å².